The number of hydrogen-bond acceptors (Lipinski definition) is 5. The van der Waals surface area contributed by atoms with Crippen LogP contribution in [0.3, 0.4) is 0 Å². The van der Waals surface area contributed by atoms with Crippen molar-refractivity contribution in [1.29, 1.82) is 0 Å². The van der Waals surface area contributed by atoms with E-state index in [0.717, 1.165) is 16.7 Å². The van der Waals surface area contributed by atoms with Crippen LogP contribution in [0.2, 0.25) is 0 Å². The quantitative estimate of drug-likeness (QED) is 0.595. The predicted molar refractivity (Wildman–Crippen MR) is 128 cm³/mol. The first-order valence-electron chi connectivity index (χ1n) is 11.7. The maximum Gasteiger partial charge on any atom is 0.254 e. The van der Waals surface area contributed by atoms with Crippen molar-refractivity contribution in [3.8, 4) is 11.5 Å². The number of pyridine rings is 1. The molecule has 0 saturated carbocycles. The number of hydrogen-bond donors (Lipinski definition) is 1. The number of nitrogens with one attached hydrogen (secondary N) is 1. The van der Waals surface area contributed by atoms with Gasteiger partial charge in [-0.1, -0.05) is 18.2 Å². The summed E-state index contributed by atoms with van der Waals surface area (Å²) in [5.74, 6) is 0.505. The Bertz CT molecular complexity index is 1230. The molecule has 0 unspecified atom stereocenters. The largest absolute Gasteiger partial charge is 0.490 e. The second-order valence-corrected chi connectivity index (χ2v) is 8.35. The summed E-state index contributed by atoms with van der Waals surface area (Å²) in [6.45, 7) is 5.40. The monoisotopic (exact) mass is 457 g/mol. The summed E-state index contributed by atoms with van der Waals surface area (Å²) in [4.78, 5) is 33.2. The maximum atomic E-state index is 13.7. The lowest BCUT2D eigenvalue weighted by Crippen LogP contribution is -2.49. The van der Waals surface area contributed by atoms with E-state index >= 15 is 0 Å². The molecule has 1 N–H and O–H groups in total. The van der Waals surface area contributed by atoms with Crippen molar-refractivity contribution in [3.05, 3.63) is 83.2 Å². The molecule has 2 aliphatic rings. The van der Waals surface area contributed by atoms with Crippen molar-refractivity contribution in [2.45, 2.75) is 32.2 Å². The van der Waals surface area contributed by atoms with Crippen molar-refractivity contribution in [2.24, 2.45) is 0 Å². The number of amides is 2. The number of aromatic nitrogens is 1. The van der Waals surface area contributed by atoms with Gasteiger partial charge in [0, 0.05) is 18.3 Å². The van der Waals surface area contributed by atoms with Gasteiger partial charge < -0.3 is 19.7 Å². The number of ether oxygens (including phenoxy) is 2. The molecule has 2 aromatic carbocycles. The lowest BCUT2D eigenvalue weighted by Gasteiger charge is -2.45. The molecule has 0 radical (unpaired) electrons. The molecule has 0 saturated heterocycles. The lowest BCUT2D eigenvalue weighted by molar-refractivity contribution is -0.119. The van der Waals surface area contributed by atoms with Crippen LogP contribution in [0.15, 0.2) is 60.9 Å². The molecule has 0 fully saturated rings. The Labute approximate surface area is 198 Å². The molecule has 0 spiro atoms. The molecular formula is C27H27N3O4. The molecule has 7 nitrogen and oxygen atoms in total. The third kappa shape index (κ3) is 3.77. The summed E-state index contributed by atoms with van der Waals surface area (Å²) < 4.78 is 11.7. The summed E-state index contributed by atoms with van der Waals surface area (Å²) in [5.41, 5.74) is 3.91. The van der Waals surface area contributed by atoms with Gasteiger partial charge >= 0.3 is 0 Å². The van der Waals surface area contributed by atoms with Crippen molar-refractivity contribution in [1.82, 2.24) is 9.88 Å². The van der Waals surface area contributed by atoms with Gasteiger partial charge in [-0.2, -0.15) is 0 Å². The highest BCUT2D eigenvalue weighted by molar-refractivity contribution is 6.04. The number of anilines is 1. The van der Waals surface area contributed by atoms with Gasteiger partial charge in [0.25, 0.3) is 5.91 Å². The lowest BCUT2D eigenvalue weighted by atomic mass is 9.75. The van der Waals surface area contributed by atoms with E-state index in [1.54, 1.807) is 30.6 Å². The van der Waals surface area contributed by atoms with E-state index in [0.29, 0.717) is 48.9 Å². The summed E-state index contributed by atoms with van der Waals surface area (Å²) in [6.07, 6.45) is 3.96. The van der Waals surface area contributed by atoms with Crippen molar-refractivity contribution in [3.63, 3.8) is 0 Å². The maximum absolute atomic E-state index is 13.7. The third-order valence-electron chi connectivity index (χ3n) is 6.40. The van der Waals surface area contributed by atoms with Crippen molar-refractivity contribution in [2.75, 3.05) is 25.1 Å². The van der Waals surface area contributed by atoms with Crippen LogP contribution in [0.1, 0.15) is 52.9 Å². The summed E-state index contributed by atoms with van der Waals surface area (Å²) in [5, 5.41) is 3.01. The van der Waals surface area contributed by atoms with Gasteiger partial charge in [0.15, 0.2) is 11.5 Å². The van der Waals surface area contributed by atoms with E-state index < -0.39 is 12.0 Å². The van der Waals surface area contributed by atoms with Crippen LogP contribution in [-0.4, -0.2) is 41.5 Å². The number of carbonyl (C=O) groups is 2. The van der Waals surface area contributed by atoms with Crippen LogP contribution >= 0.6 is 0 Å². The fourth-order valence-corrected chi connectivity index (χ4v) is 5.01. The molecule has 0 bridgehead atoms. The first-order valence-corrected chi connectivity index (χ1v) is 11.7. The third-order valence-corrected chi connectivity index (χ3v) is 6.40. The van der Waals surface area contributed by atoms with Crippen LogP contribution < -0.4 is 14.8 Å². The smallest absolute Gasteiger partial charge is 0.254 e. The Morgan fingerprint density at radius 2 is 1.82 bits per heavy atom. The molecular weight excluding hydrogens is 430 g/mol. The molecule has 34 heavy (non-hydrogen) atoms. The standard InChI is InChI=1S/C27H27N3O4/c1-3-33-22-14-17-11-13-30-25(21(17)15-23(22)34-4-2)24(19-9-5-6-10-20(19)27(30)32)26(31)29-18-8-7-12-28-16-18/h5-10,12,14-16,24-25H,3-4,11,13H2,1-2H3,(H,29,31)/t24-,25+/m1/s1. The van der Waals surface area contributed by atoms with Gasteiger partial charge in [-0.05, 0) is 67.3 Å². The highest BCUT2D eigenvalue weighted by Crippen LogP contribution is 2.48. The van der Waals surface area contributed by atoms with E-state index in [9.17, 15) is 9.59 Å². The molecule has 3 aromatic rings. The molecule has 174 valence electrons. The average Bonchev–Trinajstić information content (AvgIpc) is 2.85. The van der Waals surface area contributed by atoms with Crippen LogP contribution in [0.5, 0.6) is 11.5 Å². The minimum absolute atomic E-state index is 0.0523. The highest BCUT2D eigenvalue weighted by Gasteiger charge is 2.46. The van der Waals surface area contributed by atoms with Crippen LogP contribution in [0.4, 0.5) is 5.69 Å². The molecule has 2 aliphatic heterocycles. The van der Waals surface area contributed by atoms with Gasteiger partial charge in [-0.25, -0.2) is 0 Å². The fourth-order valence-electron chi connectivity index (χ4n) is 5.01. The van der Waals surface area contributed by atoms with Crippen LogP contribution in [0, 0.1) is 0 Å². The zero-order chi connectivity index (χ0) is 23.7. The zero-order valence-corrected chi connectivity index (χ0v) is 19.3. The normalized spacial score (nSPS) is 18.4. The Hall–Kier alpha value is -3.87. The van der Waals surface area contributed by atoms with Gasteiger partial charge in [0.1, 0.15) is 0 Å². The van der Waals surface area contributed by atoms with Gasteiger partial charge in [0.2, 0.25) is 5.91 Å². The minimum Gasteiger partial charge on any atom is -0.490 e. The van der Waals surface area contributed by atoms with Crippen molar-refractivity contribution >= 4 is 17.5 Å². The van der Waals surface area contributed by atoms with Gasteiger partial charge in [-0.15, -0.1) is 0 Å². The summed E-state index contributed by atoms with van der Waals surface area (Å²) in [6, 6.07) is 14.5. The first kappa shape index (κ1) is 21.9. The fraction of sp³-hybridized carbons (Fsp3) is 0.296. The minimum atomic E-state index is -0.583. The van der Waals surface area contributed by atoms with Crippen LogP contribution in [-0.2, 0) is 11.2 Å². The average molecular weight is 458 g/mol. The predicted octanol–water partition coefficient (Wildman–Crippen LogP) is 4.35. The van der Waals surface area contributed by atoms with Gasteiger partial charge in [-0.3, -0.25) is 14.6 Å². The second-order valence-electron chi connectivity index (χ2n) is 8.35. The summed E-state index contributed by atoms with van der Waals surface area (Å²) in [7, 11) is 0. The van der Waals surface area contributed by atoms with E-state index in [4.69, 9.17) is 9.47 Å². The van der Waals surface area contributed by atoms with Crippen molar-refractivity contribution < 1.29 is 19.1 Å². The van der Waals surface area contributed by atoms with E-state index in [2.05, 4.69) is 10.3 Å². The summed E-state index contributed by atoms with van der Waals surface area (Å²) >= 11 is 0. The SMILES string of the molecule is CCOc1cc2c(cc1OCC)[C@H]1[C@H](C(=O)Nc3cccnc3)c3ccccc3C(=O)N1CC2. The van der Waals surface area contributed by atoms with E-state index in [-0.39, 0.29) is 11.8 Å². The van der Waals surface area contributed by atoms with Crippen LogP contribution in [0.25, 0.3) is 0 Å². The van der Waals surface area contributed by atoms with E-state index in [1.807, 2.05) is 49.1 Å². The topological polar surface area (TPSA) is 80.8 Å². The number of benzene rings is 2. The molecule has 2 amide bonds. The molecule has 1 aromatic heterocycles. The number of rotatable bonds is 6. The highest BCUT2D eigenvalue weighted by atomic mass is 16.5. The zero-order valence-electron chi connectivity index (χ0n) is 19.3. The Morgan fingerprint density at radius 1 is 1.06 bits per heavy atom. The number of carbonyl (C=O) groups excluding carboxylic acids is 2. The molecule has 7 heteroatoms. The van der Waals surface area contributed by atoms with Gasteiger partial charge in [0.05, 0.1) is 37.1 Å². The molecule has 2 atom stereocenters. The van der Waals surface area contributed by atoms with E-state index in [1.165, 1.54) is 0 Å². The number of fused-ring (bicyclic) bond motifs is 4. The Morgan fingerprint density at radius 3 is 2.56 bits per heavy atom. The Kier molecular flexibility index (Phi) is 5.92. The number of nitrogens with zero attached hydrogens (tertiary/aromatic N) is 2. The molecule has 3 heterocycles. The molecule has 5 rings (SSSR count). The second kappa shape index (κ2) is 9.17. The first-order chi connectivity index (χ1) is 16.6. The Balaban J connectivity index is 1.65. The molecule has 0 aliphatic carbocycles.